The van der Waals surface area contributed by atoms with Crippen LogP contribution in [0.4, 0.5) is 5.69 Å². The van der Waals surface area contributed by atoms with E-state index in [9.17, 15) is 4.79 Å². The van der Waals surface area contributed by atoms with Crippen molar-refractivity contribution in [3.63, 3.8) is 0 Å². The summed E-state index contributed by atoms with van der Waals surface area (Å²) in [6.45, 7) is 6.69. The standard InChI is InChI=1S/C20H25N3O2/c1-13(2)17-12-23(18-6-4-3-5-15(17)18)20(24)16-11-21-22-19(16)14-7-9-25-10-8-14/h3-6,11,13-14,17H,7-10,12H2,1-2H3,(H,21,22). The van der Waals surface area contributed by atoms with Crippen LogP contribution in [0.1, 0.15) is 60.1 Å². The molecule has 0 saturated carbocycles. The molecule has 0 bridgehead atoms. The van der Waals surface area contributed by atoms with Crippen LogP contribution in [0.5, 0.6) is 0 Å². The van der Waals surface area contributed by atoms with Gasteiger partial charge in [-0.2, -0.15) is 5.10 Å². The molecule has 2 aromatic rings. The van der Waals surface area contributed by atoms with Crippen molar-refractivity contribution in [2.45, 2.75) is 38.5 Å². The number of carbonyl (C=O) groups excluding carboxylic acids is 1. The predicted molar refractivity (Wildman–Crippen MR) is 97.1 cm³/mol. The van der Waals surface area contributed by atoms with Crippen molar-refractivity contribution in [2.24, 2.45) is 5.92 Å². The maximum absolute atomic E-state index is 13.3. The average Bonchev–Trinajstić information content (AvgIpc) is 3.27. The van der Waals surface area contributed by atoms with Crippen LogP contribution in [-0.4, -0.2) is 35.9 Å². The molecular formula is C20H25N3O2. The highest BCUT2D eigenvalue weighted by atomic mass is 16.5. The Balaban J connectivity index is 1.65. The number of amides is 1. The molecule has 1 fully saturated rings. The zero-order valence-electron chi connectivity index (χ0n) is 14.9. The van der Waals surface area contributed by atoms with E-state index >= 15 is 0 Å². The van der Waals surface area contributed by atoms with Crippen LogP contribution in [0, 0.1) is 5.92 Å². The van der Waals surface area contributed by atoms with Gasteiger partial charge in [-0.15, -0.1) is 0 Å². The minimum atomic E-state index is 0.0610. The lowest BCUT2D eigenvalue weighted by atomic mass is 9.90. The second-order valence-corrected chi connectivity index (χ2v) is 7.41. The third-order valence-electron chi connectivity index (χ3n) is 5.58. The van der Waals surface area contributed by atoms with E-state index in [2.05, 4.69) is 42.2 Å². The summed E-state index contributed by atoms with van der Waals surface area (Å²) in [5, 5.41) is 7.27. The Kier molecular flexibility index (Phi) is 4.34. The number of ether oxygens (including phenoxy) is 1. The van der Waals surface area contributed by atoms with Gasteiger partial charge >= 0.3 is 0 Å². The van der Waals surface area contributed by atoms with Crippen LogP contribution in [0.2, 0.25) is 0 Å². The van der Waals surface area contributed by atoms with Crippen LogP contribution in [0.3, 0.4) is 0 Å². The van der Waals surface area contributed by atoms with Gasteiger partial charge in [0, 0.05) is 37.3 Å². The van der Waals surface area contributed by atoms with Gasteiger partial charge in [0.05, 0.1) is 17.5 Å². The molecule has 0 radical (unpaired) electrons. The Labute approximate surface area is 148 Å². The van der Waals surface area contributed by atoms with Crippen molar-refractivity contribution in [1.82, 2.24) is 10.2 Å². The number of anilines is 1. The molecule has 0 aliphatic carbocycles. The lowest BCUT2D eigenvalue weighted by molar-refractivity contribution is 0.0836. The Morgan fingerprint density at radius 1 is 1.28 bits per heavy atom. The van der Waals surface area contributed by atoms with Gasteiger partial charge in [0.25, 0.3) is 5.91 Å². The number of aromatic amines is 1. The van der Waals surface area contributed by atoms with Gasteiger partial charge in [-0.3, -0.25) is 9.89 Å². The summed E-state index contributed by atoms with van der Waals surface area (Å²) in [4.78, 5) is 15.3. The minimum absolute atomic E-state index is 0.0610. The number of benzene rings is 1. The average molecular weight is 339 g/mol. The molecule has 5 nitrogen and oxygen atoms in total. The zero-order valence-corrected chi connectivity index (χ0v) is 14.9. The molecule has 1 amide bonds. The van der Waals surface area contributed by atoms with Crippen molar-refractivity contribution in [2.75, 3.05) is 24.7 Å². The van der Waals surface area contributed by atoms with Gasteiger partial charge in [0.2, 0.25) is 0 Å². The summed E-state index contributed by atoms with van der Waals surface area (Å²) in [5.74, 6) is 1.27. The van der Waals surface area contributed by atoms with E-state index in [1.807, 2.05) is 11.0 Å². The molecule has 5 heteroatoms. The molecule has 1 unspecified atom stereocenters. The van der Waals surface area contributed by atoms with Gasteiger partial charge in [-0.05, 0) is 30.4 Å². The van der Waals surface area contributed by atoms with Crippen LogP contribution in [0.25, 0.3) is 0 Å². The number of hydrogen-bond donors (Lipinski definition) is 1. The van der Waals surface area contributed by atoms with Crippen molar-refractivity contribution >= 4 is 11.6 Å². The summed E-state index contributed by atoms with van der Waals surface area (Å²) >= 11 is 0. The summed E-state index contributed by atoms with van der Waals surface area (Å²) in [7, 11) is 0. The maximum atomic E-state index is 13.3. The molecular weight excluding hydrogens is 314 g/mol. The molecule has 2 aliphatic heterocycles. The number of nitrogens with zero attached hydrogens (tertiary/aromatic N) is 2. The van der Waals surface area contributed by atoms with Crippen molar-refractivity contribution in [3.8, 4) is 0 Å². The second kappa shape index (κ2) is 6.64. The van der Waals surface area contributed by atoms with E-state index in [-0.39, 0.29) is 5.91 Å². The lowest BCUT2D eigenvalue weighted by Gasteiger charge is -2.23. The molecule has 1 atom stereocenters. The Bertz CT molecular complexity index is 762. The van der Waals surface area contributed by atoms with Gasteiger partial charge in [0.1, 0.15) is 0 Å². The molecule has 25 heavy (non-hydrogen) atoms. The fraction of sp³-hybridized carbons (Fsp3) is 0.500. The van der Waals surface area contributed by atoms with E-state index in [0.29, 0.717) is 23.3 Å². The van der Waals surface area contributed by atoms with E-state index in [4.69, 9.17) is 4.74 Å². The number of aromatic nitrogens is 2. The predicted octanol–water partition coefficient (Wildman–Crippen LogP) is 3.70. The van der Waals surface area contributed by atoms with Crippen LogP contribution in [-0.2, 0) is 4.74 Å². The summed E-state index contributed by atoms with van der Waals surface area (Å²) in [5.41, 5.74) is 4.01. The first-order valence-corrected chi connectivity index (χ1v) is 9.18. The Hall–Kier alpha value is -2.14. The topological polar surface area (TPSA) is 58.2 Å². The summed E-state index contributed by atoms with van der Waals surface area (Å²) < 4.78 is 5.46. The van der Waals surface area contributed by atoms with E-state index < -0.39 is 0 Å². The quantitative estimate of drug-likeness (QED) is 0.927. The van der Waals surface area contributed by atoms with E-state index in [1.54, 1.807) is 6.20 Å². The highest BCUT2D eigenvalue weighted by Crippen LogP contribution is 2.41. The highest BCUT2D eigenvalue weighted by Gasteiger charge is 2.36. The zero-order chi connectivity index (χ0) is 17.4. The largest absolute Gasteiger partial charge is 0.381 e. The van der Waals surface area contributed by atoms with E-state index in [1.165, 1.54) is 5.56 Å². The first-order valence-electron chi connectivity index (χ1n) is 9.18. The third-order valence-corrected chi connectivity index (χ3v) is 5.58. The maximum Gasteiger partial charge on any atom is 0.261 e. The van der Waals surface area contributed by atoms with Crippen molar-refractivity contribution in [1.29, 1.82) is 0 Å². The minimum Gasteiger partial charge on any atom is -0.381 e. The molecule has 1 aromatic heterocycles. The number of hydrogen-bond acceptors (Lipinski definition) is 3. The molecule has 1 saturated heterocycles. The molecule has 4 rings (SSSR count). The molecule has 1 aromatic carbocycles. The normalized spacial score (nSPS) is 20.9. The van der Waals surface area contributed by atoms with Crippen LogP contribution in [0.15, 0.2) is 30.5 Å². The SMILES string of the molecule is CC(C)C1CN(C(=O)c2cn[nH]c2C2CCOCC2)c2ccccc21. The monoisotopic (exact) mass is 339 g/mol. The van der Waals surface area contributed by atoms with Crippen molar-refractivity contribution < 1.29 is 9.53 Å². The fourth-order valence-electron chi connectivity index (χ4n) is 4.11. The van der Waals surface area contributed by atoms with Crippen molar-refractivity contribution in [3.05, 3.63) is 47.3 Å². The van der Waals surface area contributed by atoms with Gasteiger partial charge in [0.15, 0.2) is 0 Å². The number of para-hydroxylation sites is 1. The van der Waals surface area contributed by atoms with Gasteiger partial charge in [-0.25, -0.2) is 0 Å². The Morgan fingerprint density at radius 3 is 2.80 bits per heavy atom. The van der Waals surface area contributed by atoms with Gasteiger partial charge in [-0.1, -0.05) is 32.0 Å². The summed E-state index contributed by atoms with van der Waals surface area (Å²) in [6, 6.07) is 8.29. The lowest BCUT2D eigenvalue weighted by Crippen LogP contribution is -2.31. The molecule has 1 N–H and O–H groups in total. The first-order chi connectivity index (χ1) is 12.2. The number of nitrogens with one attached hydrogen (secondary N) is 1. The molecule has 3 heterocycles. The molecule has 2 aliphatic rings. The number of rotatable bonds is 3. The van der Waals surface area contributed by atoms with Gasteiger partial charge < -0.3 is 9.64 Å². The van der Waals surface area contributed by atoms with E-state index in [0.717, 1.165) is 44.0 Å². The molecule has 0 spiro atoms. The number of fused-ring (bicyclic) bond motifs is 1. The highest BCUT2D eigenvalue weighted by molar-refractivity contribution is 6.08. The number of H-pyrrole nitrogens is 1. The number of carbonyl (C=O) groups is 1. The third kappa shape index (κ3) is 2.86. The van der Waals surface area contributed by atoms with Crippen LogP contribution < -0.4 is 4.90 Å². The molecule has 132 valence electrons. The van der Waals surface area contributed by atoms with Crippen LogP contribution >= 0.6 is 0 Å². The second-order valence-electron chi connectivity index (χ2n) is 7.41. The Morgan fingerprint density at radius 2 is 2.04 bits per heavy atom. The first kappa shape index (κ1) is 16.3. The summed E-state index contributed by atoms with van der Waals surface area (Å²) in [6.07, 6.45) is 3.57. The smallest absolute Gasteiger partial charge is 0.261 e. The fourth-order valence-corrected chi connectivity index (χ4v) is 4.11.